The normalized spacial score (nSPS) is 13.9. The van der Waals surface area contributed by atoms with Crippen molar-refractivity contribution in [2.75, 3.05) is 25.4 Å². The van der Waals surface area contributed by atoms with E-state index in [0.29, 0.717) is 31.4 Å². The molecule has 0 unspecified atom stereocenters. The molecule has 29 heavy (non-hydrogen) atoms. The SMILES string of the molecule is CC(C)c1ccccc1-n1c(SCCN2CCOC2=O)nnc1-c1cccnc1. The van der Waals surface area contributed by atoms with Gasteiger partial charge in [-0.25, -0.2) is 4.79 Å². The monoisotopic (exact) mass is 409 g/mol. The highest BCUT2D eigenvalue weighted by Gasteiger charge is 2.23. The summed E-state index contributed by atoms with van der Waals surface area (Å²) in [6, 6.07) is 12.2. The molecule has 0 atom stereocenters. The van der Waals surface area contributed by atoms with Gasteiger partial charge in [0.2, 0.25) is 0 Å². The summed E-state index contributed by atoms with van der Waals surface area (Å²) >= 11 is 1.59. The molecule has 0 aliphatic carbocycles. The third kappa shape index (κ3) is 4.12. The van der Waals surface area contributed by atoms with Crippen LogP contribution in [0.25, 0.3) is 17.1 Å². The molecule has 0 spiro atoms. The van der Waals surface area contributed by atoms with Gasteiger partial charge in [-0.2, -0.15) is 0 Å². The highest BCUT2D eigenvalue weighted by atomic mass is 32.2. The van der Waals surface area contributed by atoms with E-state index in [0.717, 1.165) is 22.2 Å². The minimum absolute atomic E-state index is 0.242. The fourth-order valence-electron chi connectivity index (χ4n) is 3.32. The Hall–Kier alpha value is -2.87. The van der Waals surface area contributed by atoms with Crippen molar-refractivity contribution < 1.29 is 9.53 Å². The van der Waals surface area contributed by atoms with E-state index >= 15 is 0 Å². The number of cyclic esters (lactones) is 1. The van der Waals surface area contributed by atoms with E-state index < -0.39 is 0 Å². The first-order chi connectivity index (χ1) is 14.1. The summed E-state index contributed by atoms with van der Waals surface area (Å²) in [5, 5.41) is 9.74. The van der Waals surface area contributed by atoms with Gasteiger partial charge in [0.05, 0.1) is 12.2 Å². The first-order valence-corrected chi connectivity index (χ1v) is 10.6. The Morgan fingerprint density at radius 3 is 2.76 bits per heavy atom. The number of thioether (sulfide) groups is 1. The van der Waals surface area contributed by atoms with Gasteiger partial charge < -0.3 is 9.64 Å². The molecule has 0 radical (unpaired) electrons. The maximum atomic E-state index is 11.7. The molecule has 1 saturated heterocycles. The van der Waals surface area contributed by atoms with Crippen LogP contribution in [0.5, 0.6) is 0 Å². The molecule has 1 aliphatic rings. The number of rotatable bonds is 7. The van der Waals surface area contributed by atoms with Crippen LogP contribution in [0.1, 0.15) is 25.3 Å². The second kappa shape index (κ2) is 8.65. The van der Waals surface area contributed by atoms with E-state index in [9.17, 15) is 4.79 Å². The van der Waals surface area contributed by atoms with Crippen LogP contribution in [0.3, 0.4) is 0 Å². The number of hydrogen-bond donors (Lipinski definition) is 0. The number of hydrogen-bond acceptors (Lipinski definition) is 6. The van der Waals surface area contributed by atoms with Crippen LogP contribution >= 0.6 is 11.8 Å². The average Bonchev–Trinajstić information content (AvgIpc) is 3.35. The molecule has 0 saturated carbocycles. The maximum Gasteiger partial charge on any atom is 0.409 e. The van der Waals surface area contributed by atoms with Gasteiger partial charge in [-0.05, 0) is 29.7 Å². The molecule has 7 nitrogen and oxygen atoms in total. The quantitative estimate of drug-likeness (QED) is 0.549. The summed E-state index contributed by atoms with van der Waals surface area (Å²) in [7, 11) is 0. The molecule has 0 bridgehead atoms. The van der Waals surface area contributed by atoms with E-state index in [4.69, 9.17) is 4.74 Å². The minimum Gasteiger partial charge on any atom is -0.448 e. The minimum atomic E-state index is -0.242. The Morgan fingerprint density at radius 2 is 2.03 bits per heavy atom. The lowest BCUT2D eigenvalue weighted by molar-refractivity contribution is 0.160. The van der Waals surface area contributed by atoms with Gasteiger partial charge in [-0.1, -0.05) is 43.8 Å². The molecule has 150 valence electrons. The number of pyridine rings is 1. The highest BCUT2D eigenvalue weighted by molar-refractivity contribution is 7.99. The van der Waals surface area contributed by atoms with Gasteiger partial charge in [-0.3, -0.25) is 9.55 Å². The van der Waals surface area contributed by atoms with Crippen molar-refractivity contribution in [3.05, 3.63) is 54.4 Å². The highest BCUT2D eigenvalue weighted by Crippen LogP contribution is 2.31. The van der Waals surface area contributed by atoms with Gasteiger partial charge in [0.15, 0.2) is 11.0 Å². The Labute approximate surface area is 174 Å². The fraction of sp³-hybridized carbons (Fsp3) is 0.333. The van der Waals surface area contributed by atoms with E-state index in [1.807, 2.05) is 18.2 Å². The van der Waals surface area contributed by atoms with Crippen molar-refractivity contribution >= 4 is 17.9 Å². The number of benzene rings is 1. The second-order valence-corrected chi connectivity index (χ2v) is 8.11. The fourth-order valence-corrected chi connectivity index (χ4v) is 4.22. The van der Waals surface area contributed by atoms with E-state index in [-0.39, 0.29) is 6.09 Å². The predicted octanol–water partition coefficient (Wildman–Crippen LogP) is 4.00. The van der Waals surface area contributed by atoms with Crippen molar-refractivity contribution in [3.63, 3.8) is 0 Å². The van der Waals surface area contributed by atoms with E-state index in [1.54, 1.807) is 29.1 Å². The topological polar surface area (TPSA) is 73.1 Å². The summed E-state index contributed by atoms with van der Waals surface area (Å²) in [4.78, 5) is 17.6. The van der Waals surface area contributed by atoms with Crippen molar-refractivity contribution in [2.45, 2.75) is 24.9 Å². The molecular formula is C21H23N5O2S. The number of carbonyl (C=O) groups excluding carboxylic acids is 1. The Balaban J connectivity index is 1.69. The van der Waals surface area contributed by atoms with E-state index in [2.05, 4.69) is 51.8 Å². The van der Waals surface area contributed by atoms with Crippen LogP contribution in [-0.2, 0) is 4.74 Å². The van der Waals surface area contributed by atoms with Crippen molar-refractivity contribution in [1.29, 1.82) is 0 Å². The maximum absolute atomic E-state index is 11.7. The zero-order chi connectivity index (χ0) is 20.2. The largest absolute Gasteiger partial charge is 0.448 e. The van der Waals surface area contributed by atoms with Gasteiger partial charge >= 0.3 is 6.09 Å². The number of ether oxygens (including phenoxy) is 1. The Bertz CT molecular complexity index is 990. The van der Waals surface area contributed by atoms with Crippen LogP contribution in [0.2, 0.25) is 0 Å². The van der Waals surface area contributed by atoms with Crippen molar-refractivity contribution in [1.82, 2.24) is 24.6 Å². The third-order valence-corrected chi connectivity index (χ3v) is 5.70. The zero-order valence-corrected chi connectivity index (χ0v) is 17.3. The Kier molecular flexibility index (Phi) is 5.80. The third-order valence-electron chi connectivity index (χ3n) is 4.79. The molecule has 1 fully saturated rings. The number of para-hydroxylation sites is 1. The molecule has 1 aromatic carbocycles. The first kappa shape index (κ1) is 19.4. The van der Waals surface area contributed by atoms with Crippen LogP contribution in [-0.4, -0.2) is 56.2 Å². The van der Waals surface area contributed by atoms with Crippen LogP contribution < -0.4 is 0 Å². The van der Waals surface area contributed by atoms with Gasteiger partial charge in [0, 0.05) is 30.3 Å². The summed E-state index contributed by atoms with van der Waals surface area (Å²) in [6.45, 7) is 6.08. The van der Waals surface area contributed by atoms with Crippen molar-refractivity contribution in [3.8, 4) is 17.1 Å². The molecule has 8 heteroatoms. The van der Waals surface area contributed by atoms with Crippen LogP contribution in [0.4, 0.5) is 4.79 Å². The number of nitrogens with zero attached hydrogens (tertiary/aromatic N) is 5. The Morgan fingerprint density at radius 1 is 1.17 bits per heavy atom. The lowest BCUT2D eigenvalue weighted by atomic mass is 10.0. The molecule has 3 heterocycles. The molecular weight excluding hydrogens is 386 g/mol. The summed E-state index contributed by atoms with van der Waals surface area (Å²) < 4.78 is 7.10. The summed E-state index contributed by atoms with van der Waals surface area (Å²) in [5.41, 5.74) is 3.20. The molecule has 4 rings (SSSR count). The molecule has 3 aromatic rings. The van der Waals surface area contributed by atoms with Crippen LogP contribution in [0.15, 0.2) is 53.9 Å². The first-order valence-electron chi connectivity index (χ1n) is 9.64. The smallest absolute Gasteiger partial charge is 0.409 e. The van der Waals surface area contributed by atoms with Crippen molar-refractivity contribution in [2.24, 2.45) is 0 Å². The molecule has 1 aliphatic heterocycles. The van der Waals surface area contributed by atoms with E-state index in [1.165, 1.54) is 5.56 Å². The second-order valence-electron chi connectivity index (χ2n) is 7.05. The van der Waals surface area contributed by atoms with Gasteiger partial charge in [0.1, 0.15) is 6.61 Å². The average molecular weight is 410 g/mol. The number of aromatic nitrogens is 4. The van der Waals surface area contributed by atoms with Gasteiger partial charge in [-0.15, -0.1) is 10.2 Å². The molecule has 0 N–H and O–H groups in total. The molecule has 2 aromatic heterocycles. The number of amides is 1. The van der Waals surface area contributed by atoms with Crippen LogP contribution in [0, 0.1) is 0 Å². The lowest BCUT2D eigenvalue weighted by Crippen LogP contribution is -2.26. The zero-order valence-electron chi connectivity index (χ0n) is 16.5. The molecule has 1 amide bonds. The predicted molar refractivity (Wildman–Crippen MR) is 112 cm³/mol. The number of carbonyl (C=O) groups is 1. The lowest BCUT2D eigenvalue weighted by Gasteiger charge is -2.17. The summed E-state index contributed by atoms with van der Waals surface area (Å²) in [6.07, 6.45) is 3.30. The summed E-state index contributed by atoms with van der Waals surface area (Å²) in [5.74, 6) is 1.83. The standard InChI is InChI=1S/C21H23N5O2S/c1-15(2)17-7-3-4-8-18(17)26-19(16-6-5-9-22-14-16)23-24-20(26)29-13-11-25-10-12-28-21(25)27/h3-9,14-15H,10-13H2,1-2H3. The van der Waals surface area contributed by atoms with Gasteiger partial charge in [0.25, 0.3) is 0 Å².